The molecule has 1 aliphatic rings. The summed E-state index contributed by atoms with van der Waals surface area (Å²) >= 11 is 0. The number of carboxylic acids is 1. The van der Waals surface area contributed by atoms with Gasteiger partial charge in [0.15, 0.2) is 5.78 Å². The third-order valence-corrected chi connectivity index (χ3v) is 3.44. The molecule has 0 spiro atoms. The maximum atomic E-state index is 11.9. The predicted molar refractivity (Wildman–Crippen MR) is 75.6 cm³/mol. The zero-order chi connectivity index (χ0) is 14.5. The van der Waals surface area contributed by atoms with Crippen LogP contribution in [0.4, 0.5) is 0 Å². The summed E-state index contributed by atoms with van der Waals surface area (Å²) < 4.78 is 5.38. The lowest BCUT2D eigenvalue weighted by atomic mass is 9.84. The number of rotatable bonds is 5. The second-order valence-electron chi connectivity index (χ2n) is 4.86. The third kappa shape index (κ3) is 3.47. The maximum Gasteiger partial charge on any atom is 0.304 e. The van der Waals surface area contributed by atoms with E-state index in [0.29, 0.717) is 13.0 Å². The number of allylic oxidation sites excluding steroid dienone is 2. The minimum atomic E-state index is -0.915. The molecule has 1 atom stereocenters. The van der Waals surface area contributed by atoms with E-state index in [9.17, 15) is 9.59 Å². The van der Waals surface area contributed by atoms with Crippen molar-refractivity contribution in [3.05, 3.63) is 35.9 Å². The molecule has 0 heterocycles. The minimum absolute atomic E-state index is 0.0775. The topological polar surface area (TPSA) is 63.6 Å². The molecule has 2 rings (SSSR count). The SMILES string of the molecule is CCOc1ccc(C2=CC(=O)C(CC(=O)O)CC2)cc1. The molecule has 20 heavy (non-hydrogen) atoms. The van der Waals surface area contributed by atoms with Crippen LogP contribution in [-0.2, 0) is 9.59 Å². The Balaban J connectivity index is 2.10. The van der Waals surface area contributed by atoms with Gasteiger partial charge in [-0.25, -0.2) is 0 Å². The second-order valence-corrected chi connectivity index (χ2v) is 4.86. The minimum Gasteiger partial charge on any atom is -0.494 e. The van der Waals surface area contributed by atoms with Gasteiger partial charge in [-0.3, -0.25) is 9.59 Å². The molecule has 4 heteroatoms. The highest BCUT2D eigenvalue weighted by Gasteiger charge is 2.25. The molecule has 0 aliphatic heterocycles. The number of carbonyl (C=O) groups excluding carboxylic acids is 1. The molecule has 0 bridgehead atoms. The molecule has 0 radical (unpaired) electrons. The first-order valence-corrected chi connectivity index (χ1v) is 6.79. The van der Waals surface area contributed by atoms with Crippen molar-refractivity contribution < 1.29 is 19.4 Å². The monoisotopic (exact) mass is 274 g/mol. The van der Waals surface area contributed by atoms with E-state index in [1.54, 1.807) is 6.08 Å². The molecule has 0 aromatic heterocycles. The highest BCUT2D eigenvalue weighted by Crippen LogP contribution is 2.30. The van der Waals surface area contributed by atoms with Crippen LogP contribution in [0.15, 0.2) is 30.3 Å². The quantitative estimate of drug-likeness (QED) is 0.896. The Morgan fingerprint density at radius 3 is 2.60 bits per heavy atom. The third-order valence-electron chi connectivity index (χ3n) is 3.44. The largest absolute Gasteiger partial charge is 0.494 e. The number of hydrogen-bond donors (Lipinski definition) is 1. The van der Waals surface area contributed by atoms with Crippen molar-refractivity contribution in [3.8, 4) is 5.75 Å². The van der Waals surface area contributed by atoms with Crippen LogP contribution < -0.4 is 4.74 Å². The van der Waals surface area contributed by atoms with Crippen LogP contribution in [0.3, 0.4) is 0 Å². The van der Waals surface area contributed by atoms with E-state index < -0.39 is 5.97 Å². The van der Waals surface area contributed by atoms with Gasteiger partial charge in [-0.05, 0) is 49.1 Å². The van der Waals surface area contributed by atoms with Crippen LogP contribution in [0.2, 0.25) is 0 Å². The van der Waals surface area contributed by atoms with E-state index in [1.165, 1.54) is 0 Å². The highest BCUT2D eigenvalue weighted by atomic mass is 16.5. The van der Waals surface area contributed by atoms with Crippen LogP contribution in [0, 0.1) is 5.92 Å². The van der Waals surface area contributed by atoms with Crippen molar-refractivity contribution in [2.45, 2.75) is 26.2 Å². The van der Waals surface area contributed by atoms with Gasteiger partial charge in [0.1, 0.15) is 5.75 Å². The fourth-order valence-electron chi connectivity index (χ4n) is 2.41. The van der Waals surface area contributed by atoms with E-state index in [0.717, 1.165) is 23.3 Å². The van der Waals surface area contributed by atoms with Gasteiger partial charge in [0, 0.05) is 5.92 Å². The Morgan fingerprint density at radius 1 is 1.35 bits per heavy atom. The van der Waals surface area contributed by atoms with E-state index in [2.05, 4.69) is 0 Å². The predicted octanol–water partition coefficient (Wildman–Crippen LogP) is 2.92. The summed E-state index contributed by atoms with van der Waals surface area (Å²) in [6.07, 6.45) is 2.85. The van der Waals surface area contributed by atoms with Gasteiger partial charge >= 0.3 is 5.97 Å². The molecule has 1 aromatic carbocycles. The van der Waals surface area contributed by atoms with Crippen LogP contribution in [0.5, 0.6) is 5.75 Å². The fourth-order valence-corrected chi connectivity index (χ4v) is 2.41. The van der Waals surface area contributed by atoms with E-state index >= 15 is 0 Å². The van der Waals surface area contributed by atoms with E-state index in [-0.39, 0.29) is 18.1 Å². The van der Waals surface area contributed by atoms with Crippen LogP contribution >= 0.6 is 0 Å². The van der Waals surface area contributed by atoms with Gasteiger partial charge in [0.05, 0.1) is 13.0 Å². The first kappa shape index (κ1) is 14.3. The number of carboxylic acid groups (broad SMARTS) is 1. The summed E-state index contributed by atoms with van der Waals surface area (Å²) in [6, 6.07) is 7.63. The maximum absolute atomic E-state index is 11.9. The summed E-state index contributed by atoms with van der Waals surface area (Å²) in [5, 5.41) is 8.76. The summed E-state index contributed by atoms with van der Waals surface area (Å²) in [5.41, 5.74) is 1.97. The molecule has 0 fully saturated rings. The summed E-state index contributed by atoms with van der Waals surface area (Å²) in [7, 11) is 0. The Hall–Kier alpha value is -2.10. The van der Waals surface area contributed by atoms with Crippen LogP contribution in [0.1, 0.15) is 31.7 Å². The average molecular weight is 274 g/mol. The zero-order valence-electron chi connectivity index (χ0n) is 11.5. The fraction of sp³-hybridized carbons (Fsp3) is 0.375. The molecule has 0 amide bonds. The summed E-state index contributed by atoms with van der Waals surface area (Å²) in [5.74, 6) is -0.564. The number of ketones is 1. The van der Waals surface area contributed by atoms with E-state index in [1.807, 2.05) is 31.2 Å². The smallest absolute Gasteiger partial charge is 0.304 e. The average Bonchev–Trinajstić information content (AvgIpc) is 2.42. The summed E-state index contributed by atoms with van der Waals surface area (Å²) in [6.45, 7) is 2.55. The van der Waals surface area contributed by atoms with Gasteiger partial charge in [-0.2, -0.15) is 0 Å². The lowest BCUT2D eigenvalue weighted by molar-refractivity contribution is -0.140. The van der Waals surface area contributed by atoms with Crippen molar-refractivity contribution in [2.75, 3.05) is 6.61 Å². The van der Waals surface area contributed by atoms with E-state index in [4.69, 9.17) is 9.84 Å². The number of aliphatic carboxylic acids is 1. The van der Waals surface area contributed by atoms with Crippen molar-refractivity contribution >= 4 is 17.3 Å². The number of hydrogen-bond acceptors (Lipinski definition) is 3. The molecule has 0 saturated carbocycles. The highest BCUT2D eigenvalue weighted by molar-refractivity contribution is 6.01. The van der Waals surface area contributed by atoms with Crippen molar-refractivity contribution in [1.82, 2.24) is 0 Å². The van der Waals surface area contributed by atoms with Gasteiger partial charge in [0.2, 0.25) is 0 Å². The Bertz CT molecular complexity index is 528. The molecular weight excluding hydrogens is 256 g/mol. The molecule has 1 unspecified atom stereocenters. The van der Waals surface area contributed by atoms with Gasteiger partial charge in [0.25, 0.3) is 0 Å². The molecule has 1 aliphatic carbocycles. The first-order chi connectivity index (χ1) is 9.60. The van der Waals surface area contributed by atoms with Crippen molar-refractivity contribution in [2.24, 2.45) is 5.92 Å². The molecule has 0 saturated heterocycles. The number of ether oxygens (including phenoxy) is 1. The Morgan fingerprint density at radius 2 is 2.05 bits per heavy atom. The van der Waals surface area contributed by atoms with Crippen LogP contribution in [-0.4, -0.2) is 23.5 Å². The van der Waals surface area contributed by atoms with Gasteiger partial charge in [-0.1, -0.05) is 12.1 Å². The molecule has 4 nitrogen and oxygen atoms in total. The second kappa shape index (κ2) is 6.37. The Kier molecular flexibility index (Phi) is 4.56. The van der Waals surface area contributed by atoms with Gasteiger partial charge in [-0.15, -0.1) is 0 Å². The zero-order valence-corrected chi connectivity index (χ0v) is 11.5. The number of carbonyl (C=O) groups is 2. The summed E-state index contributed by atoms with van der Waals surface area (Å²) in [4.78, 5) is 22.6. The standard InChI is InChI=1S/C16H18O4/c1-2-20-14-7-5-11(6-8-14)12-3-4-13(10-16(18)19)15(17)9-12/h5-9,13H,2-4,10H2,1H3,(H,18,19). The Labute approximate surface area is 118 Å². The van der Waals surface area contributed by atoms with Gasteiger partial charge < -0.3 is 9.84 Å². The first-order valence-electron chi connectivity index (χ1n) is 6.79. The lowest BCUT2D eigenvalue weighted by Gasteiger charge is -2.19. The van der Waals surface area contributed by atoms with Crippen molar-refractivity contribution in [1.29, 1.82) is 0 Å². The molecular formula is C16H18O4. The lowest BCUT2D eigenvalue weighted by Crippen LogP contribution is -2.20. The molecule has 1 N–H and O–H groups in total. The number of benzene rings is 1. The molecule has 1 aromatic rings. The van der Waals surface area contributed by atoms with Crippen LogP contribution in [0.25, 0.3) is 5.57 Å². The normalized spacial score (nSPS) is 18.6. The van der Waals surface area contributed by atoms with Crippen molar-refractivity contribution in [3.63, 3.8) is 0 Å². The molecule has 106 valence electrons.